The molecule has 1 amide bonds. The molecule has 1 saturated heterocycles. The van der Waals surface area contributed by atoms with Crippen molar-refractivity contribution in [2.45, 2.75) is 12.6 Å². The third-order valence-electron chi connectivity index (χ3n) is 1.93. The number of aromatic nitrogens is 3. The molecule has 1 atom stereocenters. The number of cyclic esters (lactones) is 1. The monoisotopic (exact) mass is 272 g/mol. The minimum Gasteiger partial charge on any atom is -0.442 e. The minimum atomic E-state index is -0.374. The molecule has 1 unspecified atom stereocenters. The third kappa shape index (κ3) is 2.56. The van der Waals surface area contributed by atoms with E-state index in [9.17, 15) is 4.79 Å². The molecule has 1 aromatic rings. The van der Waals surface area contributed by atoms with Gasteiger partial charge >= 0.3 is 6.09 Å². The standard InChI is InChI=1S/C8H9BrN4O2/c9-2-1-6-4-13(12-11-6)5-7-3-10-8(14)15-7/h1-2,4,7H,3,5H2,(H,10,14)/b2-1+. The molecule has 0 saturated carbocycles. The average Bonchev–Trinajstić information content (AvgIpc) is 2.78. The van der Waals surface area contributed by atoms with Crippen molar-refractivity contribution < 1.29 is 9.53 Å². The van der Waals surface area contributed by atoms with Crippen molar-refractivity contribution in [3.8, 4) is 0 Å². The van der Waals surface area contributed by atoms with Gasteiger partial charge in [0.15, 0.2) is 0 Å². The summed E-state index contributed by atoms with van der Waals surface area (Å²) in [6, 6.07) is 0. The number of amides is 1. The summed E-state index contributed by atoms with van der Waals surface area (Å²) in [4.78, 5) is 12.5. The molecule has 80 valence electrons. The van der Waals surface area contributed by atoms with Crippen molar-refractivity contribution in [1.82, 2.24) is 20.3 Å². The first-order valence-corrected chi connectivity index (χ1v) is 5.31. The van der Waals surface area contributed by atoms with Crippen LogP contribution in [-0.4, -0.2) is 33.7 Å². The summed E-state index contributed by atoms with van der Waals surface area (Å²) in [6.45, 7) is 1.03. The fourth-order valence-electron chi connectivity index (χ4n) is 1.29. The van der Waals surface area contributed by atoms with E-state index in [1.54, 1.807) is 21.9 Å². The zero-order valence-corrected chi connectivity index (χ0v) is 9.35. The molecule has 1 fully saturated rings. The van der Waals surface area contributed by atoms with Gasteiger partial charge in [-0.15, -0.1) is 5.10 Å². The molecule has 0 aromatic carbocycles. The highest BCUT2D eigenvalue weighted by Gasteiger charge is 2.22. The fraction of sp³-hybridized carbons (Fsp3) is 0.375. The molecular weight excluding hydrogens is 264 g/mol. The molecule has 1 aliphatic rings. The molecule has 2 rings (SSSR count). The van der Waals surface area contributed by atoms with Crippen LogP contribution in [0.4, 0.5) is 4.79 Å². The fourth-order valence-corrected chi connectivity index (χ4v) is 1.56. The van der Waals surface area contributed by atoms with Crippen LogP contribution in [0.25, 0.3) is 6.08 Å². The van der Waals surface area contributed by atoms with Gasteiger partial charge in [-0.3, -0.25) is 0 Å². The Morgan fingerprint density at radius 1 is 1.80 bits per heavy atom. The second-order valence-electron chi connectivity index (χ2n) is 3.07. The smallest absolute Gasteiger partial charge is 0.407 e. The van der Waals surface area contributed by atoms with Gasteiger partial charge in [-0.1, -0.05) is 21.1 Å². The van der Waals surface area contributed by atoms with Crippen LogP contribution in [0.15, 0.2) is 11.2 Å². The largest absolute Gasteiger partial charge is 0.442 e. The van der Waals surface area contributed by atoms with E-state index in [1.807, 2.05) is 0 Å². The maximum atomic E-state index is 10.8. The summed E-state index contributed by atoms with van der Waals surface area (Å²) < 4.78 is 6.61. The molecule has 0 radical (unpaired) electrons. The lowest BCUT2D eigenvalue weighted by Crippen LogP contribution is -2.20. The van der Waals surface area contributed by atoms with E-state index in [1.165, 1.54) is 0 Å². The predicted octanol–water partition coefficient (Wildman–Crippen LogP) is 0.752. The van der Waals surface area contributed by atoms with Gasteiger partial charge in [-0.2, -0.15) is 0 Å². The van der Waals surface area contributed by atoms with Crippen molar-refractivity contribution in [3.63, 3.8) is 0 Å². The minimum absolute atomic E-state index is 0.167. The first kappa shape index (κ1) is 10.2. The lowest BCUT2D eigenvalue weighted by atomic mass is 10.3. The van der Waals surface area contributed by atoms with Crippen molar-refractivity contribution in [1.29, 1.82) is 0 Å². The summed E-state index contributed by atoms with van der Waals surface area (Å²) in [5, 5.41) is 10.4. The lowest BCUT2D eigenvalue weighted by Gasteiger charge is -2.05. The molecule has 1 aromatic heterocycles. The Morgan fingerprint density at radius 2 is 2.67 bits per heavy atom. The first-order chi connectivity index (χ1) is 7.28. The number of alkyl carbamates (subject to hydrolysis) is 1. The molecule has 0 aliphatic carbocycles. The zero-order valence-electron chi connectivity index (χ0n) is 7.76. The topological polar surface area (TPSA) is 69.0 Å². The highest BCUT2D eigenvalue weighted by atomic mass is 79.9. The van der Waals surface area contributed by atoms with Crippen molar-refractivity contribution in [2.24, 2.45) is 0 Å². The summed E-state index contributed by atoms with van der Waals surface area (Å²) in [6.07, 6.45) is 3.02. The Morgan fingerprint density at radius 3 is 3.33 bits per heavy atom. The van der Waals surface area contributed by atoms with Crippen molar-refractivity contribution in [3.05, 3.63) is 16.9 Å². The van der Waals surface area contributed by atoms with Gasteiger partial charge in [0.05, 0.1) is 19.3 Å². The number of carbonyl (C=O) groups excluding carboxylic acids is 1. The number of hydrogen-bond acceptors (Lipinski definition) is 4. The lowest BCUT2D eigenvalue weighted by molar-refractivity contribution is 0.128. The Kier molecular flexibility index (Phi) is 3.00. The van der Waals surface area contributed by atoms with E-state index >= 15 is 0 Å². The Balaban J connectivity index is 1.95. The van der Waals surface area contributed by atoms with E-state index < -0.39 is 0 Å². The summed E-state index contributed by atoms with van der Waals surface area (Å²) in [5.41, 5.74) is 0.754. The highest BCUT2D eigenvalue weighted by Crippen LogP contribution is 2.04. The first-order valence-electron chi connectivity index (χ1n) is 4.39. The zero-order chi connectivity index (χ0) is 10.7. The van der Waals surface area contributed by atoms with Gasteiger partial charge < -0.3 is 10.1 Å². The molecule has 6 nitrogen and oxygen atoms in total. The van der Waals surface area contributed by atoms with E-state index in [2.05, 4.69) is 31.6 Å². The number of nitrogens with one attached hydrogen (secondary N) is 1. The van der Waals surface area contributed by atoms with Crippen LogP contribution < -0.4 is 5.32 Å². The molecule has 0 bridgehead atoms. The Labute approximate surface area is 94.4 Å². The van der Waals surface area contributed by atoms with Crippen molar-refractivity contribution >= 4 is 28.1 Å². The van der Waals surface area contributed by atoms with Crippen LogP contribution in [-0.2, 0) is 11.3 Å². The summed E-state index contributed by atoms with van der Waals surface area (Å²) in [5.74, 6) is 0. The molecule has 15 heavy (non-hydrogen) atoms. The van der Waals surface area contributed by atoms with Crippen LogP contribution in [0, 0.1) is 0 Å². The number of carbonyl (C=O) groups is 1. The normalized spacial score (nSPS) is 20.6. The summed E-state index contributed by atoms with van der Waals surface area (Å²) >= 11 is 3.15. The van der Waals surface area contributed by atoms with Gasteiger partial charge in [-0.25, -0.2) is 9.48 Å². The average molecular weight is 273 g/mol. The molecule has 2 heterocycles. The van der Waals surface area contributed by atoms with Crippen LogP contribution in [0.3, 0.4) is 0 Å². The van der Waals surface area contributed by atoms with Gasteiger partial charge in [0.1, 0.15) is 11.8 Å². The maximum absolute atomic E-state index is 10.8. The number of halogens is 1. The van der Waals surface area contributed by atoms with Crippen LogP contribution in [0.5, 0.6) is 0 Å². The summed E-state index contributed by atoms with van der Waals surface area (Å²) in [7, 11) is 0. The maximum Gasteiger partial charge on any atom is 0.407 e. The molecule has 1 N–H and O–H groups in total. The second-order valence-corrected chi connectivity index (χ2v) is 3.59. The number of ether oxygens (including phenoxy) is 1. The van der Waals surface area contributed by atoms with Gasteiger partial charge in [0, 0.05) is 0 Å². The molecular formula is C8H9BrN4O2. The highest BCUT2D eigenvalue weighted by molar-refractivity contribution is 9.11. The van der Waals surface area contributed by atoms with E-state index in [0.717, 1.165) is 5.69 Å². The molecule has 1 aliphatic heterocycles. The van der Waals surface area contributed by atoms with Crippen LogP contribution in [0.2, 0.25) is 0 Å². The molecule has 0 spiro atoms. The van der Waals surface area contributed by atoms with E-state index in [0.29, 0.717) is 13.1 Å². The third-order valence-corrected chi connectivity index (χ3v) is 2.19. The SMILES string of the molecule is O=C1NCC(Cn2cc(/C=C/Br)nn2)O1. The Bertz CT molecular complexity index is 390. The van der Waals surface area contributed by atoms with E-state index in [-0.39, 0.29) is 12.2 Å². The number of rotatable bonds is 3. The van der Waals surface area contributed by atoms with E-state index in [4.69, 9.17) is 4.74 Å². The van der Waals surface area contributed by atoms with Gasteiger partial charge in [0.25, 0.3) is 0 Å². The van der Waals surface area contributed by atoms with Gasteiger partial charge in [0.2, 0.25) is 0 Å². The Hall–Kier alpha value is -1.37. The number of nitrogens with zero attached hydrogens (tertiary/aromatic N) is 3. The van der Waals surface area contributed by atoms with Gasteiger partial charge in [-0.05, 0) is 11.1 Å². The van der Waals surface area contributed by atoms with Crippen LogP contribution in [0.1, 0.15) is 5.69 Å². The quantitative estimate of drug-likeness (QED) is 0.882. The van der Waals surface area contributed by atoms with Crippen LogP contribution >= 0.6 is 15.9 Å². The second kappa shape index (κ2) is 4.43. The predicted molar refractivity (Wildman–Crippen MR) is 56.3 cm³/mol. The number of hydrogen-bond donors (Lipinski definition) is 1. The van der Waals surface area contributed by atoms with Crippen molar-refractivity contribution in [2.75, 3.05) is 6.54 Å². The molecule has 7 heteroatoms.